The zero-order chi connectivity index (χ0) is 17.1. The fourth-order valence-corrected chi connectivity index (χ4v) is 4.94. The van der Waals surface area contributed by atoms with Crippen molar-refractivity contribution in [2.75, 3.05) is 19.6 Å². The molecule has 0 radical (unpaired) electrons. The van der Waals surface area contributed by atoms with Gasteiger partial charge in [0.15, 0.2) is 0 Å². The molecule has 0 spiro atoms. The minimum atomic E-state index is -0.224. The van der Waals surface area contributed by atoms with E-state index in [9.17, 15) is 4.79 Å². The molecule has 3 saturated heterocycles. The number of hydrogen-bond acceptors (Lipinski definition) is 3. The summed E-state index contributed by atoms with van der Waals surface area (Å²) in [4.78, 5) is 15.1. The van der Waals surface area contributed by atoms with Crippen LogP contribution in [0.5, 0.6) is 0 Å². The summed E-state index contributed by atoms with van der Waals surface area (Å²) in [6.45, 7) is 3.25. The van der Waals surface area contributed by atoms with Crippen LogP contribution in [0.1, 0.15) is 56.6 Å². The number of piperidine rings is 3. The zero-order valence-corrected chi connectivity index (χ0v) is 15.0. The Hall–Kier alpha value is -1.55. The molecule has 3 heterocycles. The highest BCUT2D eigenvalue weighted by Crippen LogP contribution is 2.35. The van der Waals surface area contributed by atoms with Crippen LogP contribution in [-0.2, 0) is 4.74 Å². The van der Waals surface area contributed by atoms with Gasteiger partial charge in [0, 0.05) is 6.54 Å². The van der Waals surface area contributed by atoms with Crippen molar-refractivity contribution < 1.29 is 9.53 Å². The molecular formula is C21H30N2O2. The topological polar surface area (TPSA) is 41.6 Å². The number of hydrogen-bond donors (Lipinski definition) is 1. The molecule has 4 fully saturated rings. The Balaban J connectivity index is 1.42. The molecular weight excluding hydrogens is 312 g/mol. The number of amides is 1. The first-order valence-electron chi connectivity index (χ1n) is 10.0. The number of benzene rings is 1. The van der Waals surface area contributed by atoms with Gasteiger partial charge >= 0.3 is 6.09 Å². The van der Waals surface area contributed by atoms with Crippen LogP contribution in [0.25, 0.3) is 0 Å². The second-order valence-corrected chi connectivity index (χ2v) is 8.01. The highest BCUT2D eigenvalue weighted by Gasteiger charge is 2.37. The summed E-state index contributed by atoms with van der Waals surface area (Å²) in [6, 6.07) is 10.5. The van der Waals surface area contributed by atoms with E-state index in [2.05, 4.69) is 34.5 Å². The summed E-state index contributed by atoms with van der Waals surface area (Å²) >= 11 is 0. The Morgan fingerprint density at radius 2 is 1.76 bits per heavy atom. The van der Waals surface area contributed by atoms with Crippen LogP contribution >= 0.6 is 0 Å². The molecule has 136 valence electrons. The van der Waals surface area contributed by atoms with Crippen LogP contribution in [0.4, 0.5) is 4.79 Å². The summed E-state index contributed by atoms with van der Waals surface area (Å²) in [5.74, 6) is 1.08. The molecule has 3 aliphatic heterocycles. The number of nitrogens with one attached hydrogen (secondary N) is 1. The minimum absolute atomic E-state index is 0.0743. The van der Waals surface area contributed by atoms with E-state index in [1.165, 1.54) is 63.6 Å². The van der Waals surface area contributed by atoms with Gasteiger partial charge in [-0.05, 0) is 56.2 Å². The maximum absolute atomic E-state index is 12.7. The van der Waals surface area contributed by atoms with Crippen LogP contribution in [-0.4, -0.2) is 36.7 Å². The third-order valence-corrected chi connectivity index (χ3v) is 6.41. The molecule has 2 atom stereocenters. The fourth-order valence-electron chi connectivity index (χ4n) is 4.94. The number of rotatable bonds is 4. The number of ether oxygens (including phenoxy) is 1. The third kappa shape index (κ3) is 4.00. The summed E-state index contributed by atoms with van der Waals surface area (Å²) < 4.78 is 5.88. The first-order chi connectivity index (χ1) is 12.3. The van der Waals surface area contributed by atoms with Gasteiger partial charge in [0.05, 0.1) is 6.04 Å². The number of carbonyl (C=O) groups excluding carboxylic acids is 1. The van der Waals surface area contributed by atoms with Crippen molar-refractivity contribution in [3.05, 3.63) is 35.9 Å². The summed E-state index contributed by atoms with van der Waals surface area (Å²) in [5, 5.41) is 3.23. The molecule has 0 aromatic heterocycles. The molecule has 1 N–H and O–H groups in total. The molecule has 1 aromatic rings. The predicted octanol–water partition coefficient (Wildman–Crippen LogP) is 4.13. The molecule has 25 heavy (non-hydrogen) atoms. The van der Waals surface area contributed by atoms with Crippen molar-refractivity contribution in [3.63, 3.8) is 0 Å². The molecule has 5 rings (SSSR count). The van der Waals surface area contributed by atoms with Crippen LogP contribution in [0, 0.1) is 11.8 Å². The first kappa shape index (κ1) is 16.9. The number of carbonyl (C=O) groups is 1. The van der Waals surface area contributed by atoms with E-state index in [1.54, 1.807) is 0 Å². The van der Waals surface area contributed by atoms with Crippen LogP contribution < -0.4 is 5.32 Å². The Kier molecular flexibility index (Phi) is 5.25. The van der Waals surface area contributed by atoms with Gasteiger partial charge in [-0.1, -0.05) is 49.6 Å². The van der Waals surface area contributed by atoms with Gasteiger partial charge in [-0.25, -0.2) is 4.79 Å². The lowest BCUT2D eigenvalue weighted by Crippen LogP contribution is -2.53. The van der Waals surface area contributed by atoms with Gasteiger partial charge < -0.3 is 10.1 Å². The number of fused-ring (bicyclic) bond motifs is 3. The molecule has 2 bridgehead atoms. The van der Waals surface area contributed by atoms with Gasteiger partial charge in [-0.15, -0.1) is 0 Å². The third-order valence-electron chi connectivity index (χ3n) is 6.41. The maximum Gasteiger partial charge on any atom is 0.407 e. The second kappa shape index (κ2) is 7.77. The molecule has 1 amide bonds. The predicted molar refractivity (Wildman–Crippen MR) is 98.3 cm³/mol. The lowest BCUT2D eigenvalue weighted by Gasteiger charge is -2.44. The Morgan fingerprint density at radius 1 is 1.04 bits per heavy atom. The van der Waals surface area contributed by atoms with Crippen LogP contribution in [0.3, 0.4) is 0 Å². The van der Waals surface area contributed by atoms with Crippen LogP contribution in [0.2, 0.25) is 0 Å². The molecule has 4 heteroatoms. The quantitative estimate of drug-likeness (QED) is 0.894. The highest BCUT2D eigenvalue weighted by molar-refractivity contribution is 5.68. The van der Waals surface area contributed by atoms with Gasteiger partial charge in [-0.2, -0.15) is 0 Å². The van der Waals surface area contributed by atoms with E-state index in [0.29, 0.717) is 11.8 Å². The molecule has 1 aliphatic carbocycles. The second-order valence-electron chi connectivity index (χ2n) is 8.01. The largest absolute Gasteiger partial charge is 0.445 e. The minimum Gasteiger partial charge on any atom is -0.445 e. The average Bonchev–Trinajstić information content (AvgIpc) is 2.68. The smallest absolute Gasteiger partial charge is 0.407 e. The first-order valence-corrected chi connectivity index (χ1v) is 10.0. The van der Waals surface area contributed by atoms with Gasteiger partial charge in [0.2, 0.25) is 0 Å². The van der Waals surface area contributed by atoms with Crippen molar-refractivity contribution >= 4 is 6.09 Å². The average molecular weight is 342 g/mol. The Morgan fingerprint density at radius 3 is 2.40 bits per heavy atom. The van der Waals surface area contributed by atoms with E-state index in [4.69, 9.17) is 4.74 Å². The molecule has 4 nitrogen and oxygen atoms in total. The molecule has 1 aromatic carbocycles. The standard InChI is InChI=1S/C21H30N2O2/c24-21(25-19-15-23-13-11-16(19)12-14-23)22-20(17-7-3-1-4-8-17)18-9-5-2-6-10-18/h1,3-4,7-8,16,18-20H,2,5-6,9-15H2,(H,22,24). The van der Waals surface area contributed by atoms with Gasteiger partial charge in [-0.3, -0.25) is 4.90 Å². The van der Waals surface area contributed by atoms with Gasteiger partial charge in [0.25, 0.3) is 0 Å². The highest BCUT2D eigenvalue weighted by atomic mass is 16.6. The lowest BCUT2D eigenvalue weighted by molar-refractivity contribution is -0.0346. The van der Waals surface area contributed by atoms with Crippen molar-refractivity contribution in [2.45, 2.75) is 57.1 Å². The van der Waals surface area contributed by atoms with E-state index in [-0.39, 0.29) is 18.2 Å². The normalized spacial score (nSPS) is 30.6. The summed E-state index contributed by atoms with van der Waals surface area (Å²) in [5.41, 5.74) is 1.21. The summed E-state index contributed by atoms with van der Waals surface area (Å²) in [6.07, 6.45) is 8.44. The molecule has 4 aliphatic rings. The van der Waals surface area contributed by atoms with E-state index in [1.807, 2.05) is 6.07 Å². The SMILES string of the molecule is O=C(NC(c1ccccc1)C1CCCCC1)OC1CN2CCC1CC2. The van der Waals surface area contributed by atoms with Crippen molar-refractivity contribution in [2.24, 2.45) is 11.8 Å². The zero-order valence-electron chi connectivity index (χ0n) is 15.0. The van der Waals surface area contributed by atoms with E-state index < -0.39 is 0 Å². The van der Waals surface area contributed by atoms with E-state index in [0.717, 1.165) is 6.54 Å². The monoisotopic (exact) mass is 342 g/mol. The lowest BCUT2D eigenvalue weighted by atomic mass is 9.81. The number of nitrogens with zero attached hydrogens (tertiary/aromatic N) is 1. The Labute approximate surface area is 150 Å². The van der Waals surface area contributed by atoms with Crippen molar-refractivity contribution in [1.82, 2.24) is 10.2 Å². The van der Waals surface area contributed by atoms with Gasteiger partial charge in [0.1, 0.15) is 6.10 Å². The molecule has 1 saturated carbocycles. The van der Waals surface area contributed by atoms with Crippen LogP contribution in [0.15, 0.2) is 30.3 Å². The number of alkyl carbamates (subject to hydrolysis) is 1. The summed E-state index contributed by atoms with van der Waals surface area (Å²) in [7, 11) is 0. The fraction of sp³-hybridized carbons (Fsp3) is 0.667. The molecule has 2 unspecified atom stereocenters. The van der Waals surface area contributed by atoms with Crippen molar-refractivity contribution in [3.8, 4) is 0 Å². The van der Waals surface area contributed by atoms with E-state index >= 15 is 0 Å². The Bertz CT molecular complexity index is 563. The van der Waals surface area contributed by atoms with Crippen molar-refractivity contribution in [1.29, 1.82) is 0 Å². The maximum atomic E-state index is 12.7.